The van der Waals surface area contributed by atoms with E-state index in [0.29, 0.717) is 54.0 Å². The smallest absolute Gasteiger partial charge is 0.258 e. The highest BCUT2D eigenvalue weighted by Crippen LogP contribution is 2.39. The van der Waals surface area contributed by atoms with Crippen LogP contribution in [0.2, 0.25) is 5.02 Å². The molecule has 0 spiro atoms. The van der Waals surface area contributed by atoms with Crippen LogP contribution in [-0.4, -0.2) is 41.1 Å². The fourth-order valence-corrected chi connectivity index (χ4v) is 4.43. The van der Waals surface area contributed by atoms with E-state index in [4.69, 9.17) is 21.1 Å². The molecule has 0 aromatic heterocycles. The van der Waals surface area contributed by atoms with Crippen LogP contribution >= 0.6 is 11.6 Å². The topological polar surface area (TPSA) is 84.9 Å². The summed E-state index contributed by atoms with van der Waals surface area (Å²) in [6.45, 7) is 1.47. The Morgan fingerprint density at radius 3 is 2.75 bits per heavy atom. The zero-order valence-corrected chi connectivity index (χ0v) is 16.8. The van der Waals surface area contributed by atoms with Gasteiger partial charge in [-0.1, -0.05) is 11.6 Å². The number of anilines is 1. The molecule has 28 heavy (non-hydrogen) atoms. The van der Waals surface area contributed by atoms with Crippen molar-refractivity contribution in [3.63, 3.8) is 0 Å². The van der Waals surface area contributed by atoms with Gasteiger partial charge in [0.15, 0.2) is 11.5 Å². The molecule has 2 aliphatic heterocycles. The van der Waals surface area contributed by atoms with E-state index in [1.165, 1.54) is 13.1 Å². The van der Waals surface area contributed by atoms with E-state index in [1.807, 2.05) is 0 Å². The number of amides is 1. The summed E-state index contributed by atoms with van der Waals surface area (Å²) in [4.78, 5) is 14.9. The molecule has 2 heterocycles. The van der Waals surface area contributed by atoms with E-state index in [2.05, 4.69) is 4.72 Å². The van der Waals surface area contributed by atoms with Crippen LogP contribution in [0.25, 0.3) is 0 Å². The summed E-state index contributed by atoms with van der Waals surface area (Å²) in [6, 6.07) is 7.99. The van der Waals surface area contributed by atoms with Gasteiger partial charge in [0.1, 0.15) is 0 Å². The lowest BCUT2D eigenvalue weighted by Crippen LogP contribution is -2.29. The lowest BCUT2D eigenvalue weighted by Gasteiger charge is -2.19. The highest BCUT2D eigenvalue weighted by molar-refractivity contribution is 7.89. The first-order valence-corrected chi connectivity index (χ1v) is 10.7. The second-order valence-corrected chi connectivity index (χ2v) is 8.83. The predicted molar refractivity (Wildman–Crippen MR) is 105 cm³/mol. The van der Waals surface area contributed by atoms with Gasteiger partial charge >= 0.3 is 0 Å². The molecule has 7 nitrogen and oxygen atoms in total. The van der Waals surface area contributed by atoms with Gasteiger partial charge in [0, 0.05) is 24.2 Å². The average Bonchev–Trinajstić information content (AvgIpc) is 2.96. The van der Waals surface area contributed by atoms with Crippen molar-refractivity contribution in [1.29, 1.82) is 0 Å². The molecule has 1 amide bonds. The number of carbonyl (C=O) groups excluding carboxylic acids is 1. The third-order valence-corrected chi connectivity index (χ3v) is 6.51. The molecule has 4 rings (SSSR count). The number of fused-ring (bicyclic) bond motifs is 2. The number of sulfonamides is 1. The molecule has 2 aromatic rings. The van der Waals surface area contributed by atoms with E-state index >= 15 is 0 Å². The van der Waals surface area contributed by atoms with Crippen LogP contribution < -0.4 is 19.1 Å². The number of ether oxygens (including phenoxy) is 2. The zero-order chi connectivity index (χ0) is 19.9. The molecular formula is C19H19ClN2O5S. The molecule has 0 saturated carbocycles. The summed E-state index contributed by atoms with van der Waals surface area (Å²) >= 11 is 6.31. The Bertz CT molecular complexity index is 1050. The number of carbonyl (C=O) groups is 1. The number of hydrogen-bond donors (Lipinski definition) is 1. The van der Waals surface area contributed by atoms with Gasteiger partial charge in [-0.3, -0.25) is 4.79 Å². The van der Waals surface area contributed by atoms with E-state index in [-0.39, 0.29) is 10.8 Å². The highest BCUT2D eigenvalue weighted by Gasteiger charge is 2.28. The summed E-state index contributed by atoms with van der Waals surface area (Å²) in [5, 5.41) is 0.331. The first kappa shape index (κ1) is 19.0. The Morgan fingerprint density at radius 1 is 1.18 bits per heavy atom. The molecule has 0 bridgehead atoms. The monoisotopic (exact) mass is 422 g/mol. The third kappa shape index (κ3) is 3.32. The summed E-state index contributed by atoms with van der Waals surface area (Å²) in [5.41, 5.74) is 1.91. The highest BCUT2D eigenvalue weighted by atomic mass is 35.5. The largest absolute Gasteiger partial charge is 0.489 e. The Kier molecular flexibility index (Phi) is 4.95. The summed E-state index contributed by atoms with van der Waals surface area (Å²) in [7, 11) is -2.16. The van der Waals surface area contributed by atoms with Gasteiger partial charge in [-0.2, -0.15) is 0 Å². The molecule has 1 N–H and O–H groups in total. The van der Waals surface area contributed by atoms with Crippen molar-refractivity contribution in [2.24, 2.45) is 0 Å². The van der Waals surface area contributed by atoms with Crippen molar-refractivity contribution in [2.45, 2.75) is 17.7 Å². The second-order valence-electron chi connectivity index (χ2n) is 6.54. The van der Waals surface area contributed by atoms with Gasteiger partial charge in [-0.05, 0) is 49.4 Å². The third-order valence-electron chi connectivity index (χ3n) is 4.82. The van der Waals surface area contributed by atoms with Crippen LogP contribution in [0.5, 0.6) is 11.5 Å². The van der Waals surface area contributed by atoms with E-state index < -0.39 is 10.0 Å². The number of nitrogens with zero attached hydrogens (tertiary/aromatic N) is 1. The van der Waals surface area contributed by atoms with Crippen molar-refractivity contribution in [3.05, 3.63) is 46.5 Å². The van der Waals surface area contributed by atoms with E-state index in [0.717, 1.165) is 12.0 Å². The molecule has 0 saturated heterocycles. The predicted octanol–water partition coefficient (Wildman–Crippen LogP) is 2.61. The molecular weight excluding hydrogens is 404 g/mol. The Morgan fingerprint density at radius 2 is 1.96 bits per heavy atom. The van der Waals surface area contributed by atoms with Gasteiger partial charge in [0.2, 0.25) is 10.0 Å². The quantitative estimate of drug-likeness (QED) is 0.821. The average molecular weight is 423 g/mol. The van der Waals surface area contributed by atoms with Crippen LogP contribution in [0.15, 0.2) is 35.2 Å². The fourth-order valence-electron chi connectivity index (χ4n) is 3.38. The van der Waals surface area contributed by atoms with Crippen LogP contribution in [0.3, 0.4) is 0 Å². The van der Waals surface area contributed by atoms with Crippen molar-refractivity contribution >= 4 is 33.2 Å². The first-order chi connectivity index (χ1) is 13.4. The minimum Gasteiger partial charge on any atom is -0.489 e. The summed E-state index contributed by atoms with van der Waals surface area (Å²) in [5.74, 6) is 0.697. The minimum absolute atomic E-state index is 0.182. The SMILES string of the molecule is CNS(=O)(=O)c1ccc2c(c1)CCN2C(=O)c1cc(Cl)c2c(c1)OCCCO2. The number of rotatable bonds is 3. The van der Waals surface area contributed by atoms with Gasteiger partial charge in [-0.25, -0.2) is 13.1 Å². The van der Waals surface area contributed by atoms with E-state index in [1.54, 1.807) is 29.2 Å². The molecule has 2 aliphatic rings. The van der Waals surface area contributed by atoms with Crippen molar-refractivity contribution in [1.82, 2.24) is 4.72 Å². The Balaban J connectivity index is 1.66. The number of halogens is 1. The molecule has 148 valence electrons. The van der Waals surface area contributed by atoms with Gasteiger partial charge in [0.25, 0.3) is 5.91 Å². The molecule has 0 atom stereocenters. The number of hydrogen-bond acceptors (Lipinski definition) is 5. The van der Waals surface area contributed by atoms with Crippen LogP contribution in [-0.2, 0) is 16.4 Å². The maximum absolute atomic E-state index is 13.1. The maximum atomic E-state index is 13.1. The standard InChI is InChI=1S/C19H19ClN2O5S/c1-21-28(24,25)14-3-4-16-12(9-14)5-6-22(16)19(23)13-10-15(20)18-17(11-13)26-7-2-8-27-18/h3-4,9-11,21H,2,5-8H2,1H3. The van der Waals surface area contributed by atoms with Crippen LogP contribution in [0.1, 0.15) is 22.3 Å². The molecule has 0 radical (unpaired) electrons. The van der Waals surface area contributed by atoms with Crippen molar-refractivity contribution < 1.29 is 22.7 Å². The normalized spacial score (nSPS) is 15.9. The molecule has 2 aromatic carbocycles. The van der Waals surface area contributed by atoms with Crippen LogP contribution in [0.4, 0.5) is 5.69 Å². The van der Waals surface area contributed by atoms with Crippen LogP contribution in [0, 0.1) is 0 Å². The van der Waals surface area contributed by atoms with E-state index in [9.17, 15) is 13.2 Å². The minimum atomic E-state index is -3.53. The maximum Gasteiger partial charge on any atom is 0.258 e. The number of nitrogens with one attached hydrogen (secondary N) is 1. The van der Waals surface area contributed by atoms with Gasteiger partial charge in [-0.15, -0.1) is 0 Å². The van der Waals surface area contributed by atoms with Gasteiger partial charge in [0.05, 0.1) is 23.1 Å². The first-order valence-electron chi connectivity index (χ1n) is 8.88. The Hall–Kier alpha value is -2.29. The molecule has 0 unspecified atom stereocenters. The fraction of sp³-hybridized carbons (Fsp3) is 0.316. The summed E-state index contributed by atoms with van der Waals surface area (Å²) < 4.78 is 37.6. The Labute approximate surface area is 168 Å². The molecule has 9 heteroatoms. The zero-order valence-electron chi connectivity index (χ0n) is 15.2. The second kappa shape index (κ2) is 7.27. The lowest BCUT2D eigenvalue weighted by molar-refractivity contribution is 0.0989. The molecule has 0 aliphatic carbocycles. The number of benzene rings is 2. The molecule has 0 fully saturated rings. The lowest BCUT2D eigenvalue weighted by atomic mass is 10.1. The van der Waals surface area contributed by atoms with Crippen molar-refractivity contribution in [2.75, 3.05) is 31.7 Å². The summed E-state index contributed by atoms with van der Waals surface area (Å²) in [6.07, 6.45) is 1.32. The van der Waals surface area contributed by atoms with Crippen molar-refractivity contribution in [3.8, 4) is 11.5 Å². The van der Waals surface area contributed by atoms with Gasteiger partial charge < -0.3 is 14.4 Å².